The second kappa shape index (κ2) is 10.1. The molecular weight excluding hydrogens is 392 g/mol. The molecule has 0 unspecified atom stereocenters. The van der Waals surface area contributed by atoms with Crippen molar-refractivity contribution in [3.8, 4) is 11.5 Å². The van der Waals surface area contributed by atoms with Gasteiger partial charge in [-0.3, -0.25) is 9.69 Å². The average molecular weight is 419 g/mol. The summed E-state index contributed by atoms with van der Waals surface area (Å²) in [6.45, 7) is 4.17. The number of nitrogens with zero attached hydrogens (tertiary/aromatic N) is 2. The number of hydrogen-bond donors (Lipinski definition) is 2. The van der Waals surface area contributed by atoms with Gasteiger partial charge in [0.05, 0.1) is 14.2 Å². The summed E-state index contributed by atoms with van der Waals surface area (Å²) in [5, 5.41) is 9.56. The minimum Gasteiger partial charge on any atom is -0.493 e. The highest BCUT2D eigenvalue weighted by Gasteiger charge is 2.21. The third-order valence-corrected chi connectivity index (χ3v) is 5.47. The summed E-state index contributed by atoms with van der Waals surface area (Å²) in [5.41, 5.74) is 1.36. The summed E-state index contributed by atoms with van der Waals surface area (Å²) >= 11 is 1.51. The van der Waals surface area contributed by atoms with Gasteiger partial charge in [0.15, 0.2) is 11.5 Å². The van der Waals surface area contributed by atoms with Crippen LogP contribution in [0.5, 0.6) is 11.5 Å². The molecule has 9 heteroatoms. The number of rotatable bonds is 7. The van der Waals surface area contributed by atoms with E-state index in [0.29, 0.717) is 42.4 Å². The number of methoxy groups -OCH3 is 2. The first-order valence-electron chi connectivity index (χ1n) is 9.41. The van der Waals surface area contributed by atoms with Gasteiger partial charge in [0.1, 0.15) is 0 Å². The van der Waals surface area contributed by atoms with E-state index in [-0.39, 0.29) is 11.9 Å². The highest BCUT2D eigenvalue weighted by molar-refractivity contribution is 7.08. The van der Waals surface area contributed by atoms with Crippen LogP contribution in [0.3, 0.4) is 0 Å². The minimum absolute atomic E-state index is 0.0424. The minimum atomic E-state index is -0.136. The van der Waals surface area contributed by atoms with Crippen molar-refractivity contribution >= 4 is 29.0 Å². The van der Waals surface area contributed by atoms with E-state index in [4.69, 9.17) is 9.47 Å². The molecule has 1 fully saturated rings. The molecule has 0 saturated carbocycles. The number of ether oxygens (including phenoxy) is 2. The second-order valence-electron chi connectivity index (χ2n) is 6.60. The van der Waals surface area contributed by atoms with Crippen LogP contribution in [0.2, 0.25) is 0 Å². The number of carbonyl (C=O) groups excluding carboxylic acids is 2. The lowest BCUT2D eigenvalue weighted by atomic mass is 10.2. The topological polar surface area (TPSA) is 83.1 Å². The van der Waals surface area contributed by atoms with E-state index in [1.807, 2.05) is 16.8 Å². The van der Waals surface area contributed by atoms with Crippen LogP contribution in [-0.4, -0.2) is 75.2 Å². The smallest absolute Gasteiger partial charge is 0.321 e. The van der Waals surface area contributed by atoms with Crippen LogP contribution >= 0.6 is 11.3 Å². The van der Waals surface area contributed by atoms with Gasteiger partial charge in [-0.2, -0.15) is 11.3 Å². The van der Waals surface area contributed by atoms with Gasteiger partial charge in [0.2, 0.25) is 0 Å². The molecule has 156 valence electrons. The van der Waals surface area contributed by atoms with E-state index in [1.54, 1.807) is 37.3 Å². The number of piperazine rings is 1. The lowest BCUT2D eigenvalue weighted by Crippen LogP contribution is -2.51. The van der Waals surface area contributed by atoms with Crippen LogP contribution in [0.4, 0.5) is 10.5 Å². The monoisotopic (exact) mass is 418 g/mol. The third-order valence-electron chi connectivity index (χ3n) is 4.79. The molecule has 0 radical (unpaired) electrons. The maximum atomic E-state index is 12.5. The van der Waals surface area contributed by atoms with E-state index >= 15 is 0 Å². The SMILES string of the molecule is COc1ccc(NC(=O)N2CCN(CCNC(=O)c3ccsc3)CC2)cc1OC. The molecule has 0 atom stereocenters. The van der Waals surface area contributed by atoms with E-state index < -0.39 is 0 Å². The Morgan fingerprint density at radius 3 is 2.48 bits per heavy atom. The molecule has 0 spiro atoms. The summed E-state index contributed by atoms with van der Waals surface area (Å²) in [5.74, 6) is 1.14. The Balaban J connectivity index is 1.41. The first-order chi connectivity index (χ1) is 14.1. The van der Waals surface area contributed by atoms with Gasteiger partial charge in [0, 0.05) is 62.0 Å². The first-order valence-corrected chi connectivity index (χ1v) is 10.4. The number of thiophene rings is 1. The maximum Gasteiger partial charge on any atom is 0.321 e. The van der Waals surface area contributed by atoms with Gasteiger partial charge >= 0.3 is 6.03 Å². The lowest BCUT2D eigenvalue weighted by molar-refractivity contribution is 0.0943. The van der Waals surface area contributed by atoms with Gasteiger partial charge < -0.3 is 25.0 Å². The fourth-order valence-electron chi connectivity index (χ4n) is 3.11. The van der Waals surface area contributed by atoms with Crippen molar-refractivity contribution in [2.24, 2.45) is 0 Å². The fourth-order valence-corrected chi connectivity index (χ4v) is 3.75. The molecule has 1 aromatic carbocycles. The van der Waals surface area contributed by atoms with Crippen molar-refractivity contribution in [3.63, 3.8) is 0 Å². The van der Waals surface area contributed by atoms with Crippen molar-refractivity contribution in [1.82, 2.24) is 15.1 Å². The first kappa shape index (κ1) is 20.9. The molecule has 2 heterocycles. The van der Waals surface area contributed by atoms with Crippen molar-refractivity contribution < 1.29 is 19.1 Å². The molecule has 1 aliphatic heterocycles. The molecule has 2 N–H and O–H groups in total. The zero-order valence-electron chi connectivity index (χ0n) is 16.6. The Morgan fingerprint density at radius 1 is 1.07 bits per heavy atom. The number of amides is 3. The van der Waals surface area contributed by atoms with Gasteiger partial charge in [-0.25, -0.2) is 4.79 Å². The molecule has 0 aliphatic carbocycles. The van der Waals surface area contributed by atoms with Crippen molar-refractivity contribution in [2.45, 2.75) is 0 Å². The Bertz CT molecular complexity index is 820. The molecule has 3 rings (SSSR count). The van der Waals surface area contributed by atoms with Crippen LogP contribution in [0.1, 0.15) is 10.4 Å². The lowest BCUT2D eigenvalue weighted by Gasteiger charge is -2.34. The zero-order valence-corrected chi connectivity index (χ0v) is 17.5. The number of nitrogens with one attached hydrogen (secondary N) is 2. The highest BCUT2D eigenvalue weighted by atomic mass is 32.1. The van der Waals surface area contributed by atoms with E-state index in [1.165, 1.54) is 11.3 Å². The van der Waals surface area contributed by atoms with Gasteiger partial charge in [-0.15, -0.1) is 0 Å². The molecule has 1 saturated heterocycles. The van der Waals surface area contributed by atoms with Gasteiger partial charge in [-0.05, 0) is 23.6 Å². The van der Waals surface area contributed by atoms with Gasteiger partial charge in [-0.1, -0.05) is 0 Å². The third kappa shape index (κ3) is 5.61. The van der Waals surface area contributed by atoms with Crippen molar-refractivity contribution in [3.05, 3.63) is 40.6 Å². The van der Waals surface area contributed by atoms with Crippen molar-refractivity contribution in [1.29, 1.82) is 0 Å². The predicted octanol–water partition coefficient (Wildman–Crippen LogP) is 2.34. The number of hydrogen-bond acceptors (Lipinski definition) is 6. The molecule has 1 aromatic heterocycles. The molecule has 3 amide bonds. The highest BCUT2D eigenvalue weighted by Crippen LogP contribution is 2.29. The van der Waals surface area contributed by atoms with Crippen LogP contribution in [0, 0.1) is 0 Å². The number of anilines is 1. The second-order valence-corrected chi connectivity index (χ2v) is 7.38. The standard InChI is InChI=1S/C20H26N4O4S/c1-27-17-4-3-16(13-18(17)28-2)22-20(26)24-10-8-23(9-11-24)7-6-21-19(25)15-5-12-29-14-15/h3-5,12-14H,6-11H2,1-2H3,(H,21,25)(H,22,26). The Hall–Kier alpha value is -2.78. The fraction of sp³-hybridized carbons (Fsp3) is 0.400. The number of benzene rings is 1. The molecule has 1 aliphatic rings. The number of urea groups is 1. The van der Waals surface area contributed by atoms with Crippen LogP contribution < -0.4 is 20.1 Å². The van der Waals surface area contributed by atoms with Crippen LogP contribution in [-0.2, 0) is 0 Å². The maximum absolute atomic E-state index is 12.5. The zero-order chi connectivity index (χ0) is 20.6. The summed E-state index contributed by atoms with van der Waals surface area (Å²) < 4.78 is 10.5. The summed E-state index contributed by atoms with van der Waals surface area (Å²) in [6.07, 6.45) is 0. The van der Waals surface area contributed by atoms with Crippen LogP contribution in [0.25, 0.3) is 0 Å². The Kier molecular flexibility index (Phi) is 7.31. The Labute approximate surface area is 174 Å². The predicted molar refractivity (Wildman–Crippen MR) is 113 cm³/mol. The van der Waals surface area contributed by atoms with Crippen LogP contribution in [0.15, 0.2) is 35.0 Å². The summed E-state index contributed by atoms with van der Waals surface area (Å²) in [6, 6.07) is 6.96. The quantitative estimate of drug-likeness (QED) is 0.721. The van der Waals surface area contributed by atoms with E-state index in [9.17, 15) is 9.59 Å². The molecule has 8 nitrogen and oxygen atoms in total. The number of carbonyl (C=O) groups is 2. The largest absolute Gasteiger partial charge is 0.493 e. The molecule has 0 bridgehead atoms. The normalized spacial score (nSPS) is 14.3. The molecule has 2 aromatic rings. The Morgan fingerprint density at radius 2 is 1.83 bits per heavy atom. The van der Waals surface area contributed by atoms with Crippen molar-refractivity contribution in [2.75, 3.05) is 58.8 Å². The van der Waals surface area contributed by atoms with E-state index in [0.717, 1.165) is 19.6 Å². The molecule has 29 heavy (non-hydrogen) atoms. The summed E-state index contributed by atoms with van der Waals surface area (Å²) in [7, 11) is 3.13. The van der Waals surface area contributed by atoms with Gasteiger partial charge in [0.25, 0.3) is 5.91 Å². The van der Waals surface area contributed by atoms with E-state index in [2.05, 4.69) is 15.5 Å². The summed E-state index contributed by atoms with van der Waals surface area (Å²) in [4.78, 5) is 28.5. The molecular formula is C20H26N4O4S. The average Bonchev–Trinajstić information content (AvgIpc) is 3.29.